The van der Waals surface area contributed by atoms with Crippen molar-refractivity contribution in [2.75, 3.05) is 29.8 Å². The molecule has 1 N–H and O–H groups in total. The Labute approximate surface area is 210 Å². The summed E-state index contributed by atoms with van der Waals surface area (Å²) in [4.78, 5) is 12.6. The number of anilines is 1. The van der Waals surface area contributed by atoms with Gasteiger partial charge in [0, 0.05) is 12.3 Å². The predicted molar refractivity (Wildman–Crippen MR) is 139 cm³/mol. The van der Waals surface area contributed by atoms with Crippen LogP contribution in [0.5, 0.6) is 5.75 Å². The Morgan fingerprint density at radius 3 is 2.34 bits per heavy atom. The number of rotatable bonds is 13. The van der Waals surface area contributed by atoms with Crippen LogP contribution in [0.15, 0.2) is 83.8 Å². The van der Waals surface area contributed by atoms with E-state index in [1.54, 1.807) is 36.0 Å². The molecule has 0 atom stereocenters. The Morgan fingerprint density at radius 2 is 1.69 bits per heavy atom. The van der Waals surface area contributed by atoms with Crippen LogP contribution in [-0.4, -0.2) is 39.8 Å². The van der Waals surface area contributed by atoms with Crippen molar-refractivity contribution in [1.82, 2.24) is 5.32 Å². The maximum atomic E-state index is 13.4. The van der Waals surface area contributed by atoms with E-state index in [1.807, 2.05) is 25.1 Å². The fourth-order valence-electron chi connectivity index (χ4n) is 3.28. The van der Waals surface area contributed by atoms with Gasteiger partial charge >= 0.3 is 0 Å². The number of thioether (sulfide) groups is 1. The van der Waals surface area contributed by atoms with Gasteiger partial charge in [-0.25, -0.2) is 12.8 Å². The molecule has 6 nitrogen and oxygen atoms in total. The largest absolute Gasteiger partial charge is 0.494 e. The van der Waals surface area contributed by atoms with Crippen LogP contribution in [-0.2, 0) is 20.6 Å². The van der Waals surface area contributed by atoms with Gasteiger partial charge in [0.2, 0.25) is 5.91 Å². The molecule has 0 saturated carbocycles. The summed E-state index contributed by atoms with van der Waals surface area (Å²) in [5.74, 6) is 1.40. The number of sulfonamides is 1. The third-order valence-electron chi connectivity index (χ3n) is 5.02. The minimum atomic E-state index is -4.10. The Hall–Kier alpha value is -3.04. The number of nitrogens with one attached hydrogen (secondary N) is 1. The molecule has 0 unspecified atom stereocenters. The van der Waals surface area contributed by atoms with E-state index in [4.69, 9.17) is 4.74 Å². The first-order chi connectivity index (χ1) is 16.9. The lowest BCUT2D eigenvalue weighted by molar-refractivity contribution is -0.119. The van der Waals surface area contributed by atoms with Gasteiger partial charge in [0.05, 0.1) is 17.2 Å². The highest BCUT2D eigenvalue weighted by Gasteiger charge is 2.27. The molecule has 0 aliphatic rings. The highest BCUT2D eigenvalue weighted by Crippen LogP contribution is 2.26. The van der Waals surface area contributed by atoms with E-state index in [-0.39, 0.29) is 4.90 Å². The average molecular weight is 517 g/mol. The molecule has 0 aromatic heterocycles. The van der Waals surface area contributed by atoms with Crippen LogP contribution in [0, 0.1) is 5.82 Å². The second kappa shape index (κ2) is 13.2. The summed E-state index contributed by atoms with van der Waals surface area (Å²) in [6, 6.07) is 21.1. The van der Waals surface area contributed by atoms with Crippen molar-refractivity contribution in [2.45, 2.75) is 24.0 Å². The van der Waals surface area contributed by atoms with Crippen molar-refractivity contribution in [3.05, 3.63) is 90.2 Å². The summed E-state index contributed by atoms with van der Waals surface area (Å²) in [5.41, 5.74) is 1.56. The molecule has 0 aliphatic carbocycles. The molecule has 9 heteroatoms. The van der Waals surface area contributed by atoms with E-state index in [9.17, 15) is 17.6 Å². The lowest BCUT2D eigenvalue weighted by Crippen LogP contribution is -2.41. The van der Waals surface area contributed by atoms with Crippen LogP contribution in [0.4, 0.5) is 10.1 Å². The zero-order valence-electron chi connectivity index (χ0n) is 19.5. The Morgan fingerprint density at radius 1 is 1.00 bits per heavy atom. The highest BCUT2D eigenvalue weighted by atomic mass is 32.2. The molecule has 0 fully saturated rings. The number of carbonyl (C=O) groups excluding carboxylic acids is 1. The van der Waals surface area contributed by atoms with Crippen LogP contribution in [0.3, 0.4) is 0 Å². The number of hydrogen-bond acceptors (Lipinski definition) is 5. The first kappa shape index (κ1) is 26.6. The third kappa shape index (κ3) is 8.00. The van der Waals surface area contributed by atoms with Gasteiger partial charge in [-0.15, -0.1) is 0 Å². The highest BCUT2D eigenvalue weighted by molar-refractivity contribution is 7.98. The standard InChI is InChI=1S/C26H29FN2O4S2/c1-2-33-24-13-11-23(12-14-24)29(35(31,32)25-15-9-22(27)10-16-25)19-26(30)28-17-6-18-34-20-21-7-4-3-5-8-21/h3-5,7-16H,2,6,17-20H2,1H3,(H,28,30). The Bertz CT molecular complexity index is 1170. The van der Waals surface area contributed by atoms with E-state index in [2.05, 4.69) is 17.4 Å². The lowest BCUT2D eigenvalue weighted by Gasteiger charge is -2.24. The normalized spacial score (nSPS) is 11.1. The van der Waals surface area contributed by atoms with E-state index in [1.165, 1.54) is 17.7 Å². The quantitative estimate of drug-likeness (QED) is 0.329. The smallest absolute Gasteiger partial charge is 0.264 e. The van der Waals surface area contributed by atoms with Crippen LogP contribution < -0.4 is 14.4 Å². The number of ether oxygens (including phenoxy) is 1. The van der Waals surface area contributed by atoms with Crippen LogP contribution in [0.2, 0.25) is 0 Å². The number of benzene rings is 3. The average Bonchev–Trinajstić information content (AvgIpc) is 2.86. The fourth-order valence-corrected chi connectivity index (χ4v) is 5.62. The molecular weight excluding hydrogens is 487 g/mol. The summed E-state index contributed by atoms with van der Waals surface area (Å²) in [6.45, 7) is 2.37. The summed E-state index contributed by atoms with van der Waals surface area (Å²) >= 11 is 1.78. The molecule has 0 aliphatic heterocycles. The summed E-state index contributed by atoms with van der Waals surface area (Å²) in [5, 5.41) is 2.80. The lowest BCUT2D eigenvalue weighted by atomic mass is 10.2. The molecule has 0 bridgehead atoms. The first-order valence-electron chi connectivity index (χ1n) is 11.3. The summed E-state index contributed by atoms with van der Waals surface area (Å²) in [7, 11) is -4.10. The molecule has 0 saturated heterocycles. The van der Waals surface area contributed by atoms with Crippen molar-refractivity contribution >= 4 is 33.4 Å². The molecule has 35 heavy (non-hydrogen) atoms. The van der Waals surface area contributed by atoms with Gasteiger partial charge in [-0.2, -0.15) is 11.8 Å². The van der Waals surface area contributed by atoms with Gasteiger partial charge in [0.25, 0.3) is 10.0 Å². The van der Waals surface area contributed by atoms with Gasteiger partial charge in [0.15, 0.2) is 0 Å². The molecule has 1 amide bonds. The molecule has 0 spiro atoms. The zero-order valence-corrected chi connectivity index (χ0v) is 21.2. The molecule has 0 heterocycles. The van der Waals surface area contributed by atoms with E-state index >= 15 is 0 Å². The molecule has 3 aromatic rings. The second-order valence-corrected chi connectivity index (χ2v) is 10.6. The third-order valence-corrected chi connectivity index (χ3v) is 7.93. The van der Waals surface area contributed by atoms with E-state index in [0.29, 0.717) is 24.6 Å². The number of hydrogen-bond donors (Lipinski definition) is 1. The first-order valence-corrected chi connectivity index (χ1v) is 13.9. The van der Waals surface area contributed by atoms with Crippen LogP contribution >= 0.6 is 11.8 Å². The maximum Gasteiger partial charge on any atom is 0.264 e. The van der Waals surface area contributed by atoms with Gasteiger partial charge < -0.3 is 10.1 Å². The Balaban J connectivity index is 1.62. The zero-order chi connectivity index (χ0) is 25.1. The Kier molecular flexibility index (Phi) is 9.98. The van der Waals surface area contributed by atoms with Crippen molar-refractivity contribution < 1.29 is 22.3 Å². The molecular formula is C26H29FN2O4S2. The van der Waals surface area contributed by atoms with Crippen LogP contribution in [0.1, 0.15) is 18.9 Å². The number of carbonyl (C=O) groups is 1. The minimum Gasteiger partial charge on any atom is -0.494 e. The maximum absolute atomic E-state index is 13.4. The van der Waals surface area contributed by atoms with Gasteiger partial charge in [-0.05, 0) is 73.2 Å². The van der Waals surface area contributed by atoms with Crippen molar-refractivity contribution in [2.24, 2.45) is 0 Å². The molecule has 186 valence electrons. The van der Waals surface area contributed by atoms with Crippen molar-refractivity contribution in [3.63, 3.8) is 0 Å². The number of nitrogens with zero attached hydrogens (tertiary/aromatic N) is 1. The van der Waals surface area contributed by atoms with E-state index < -0.39 is 28.3 Å². The second-order valence-electron chi connectivity index (χ2n) is 7.63. The SMILES string of the molecule is CCOc1ccc(N(CC(=O)NCCCSCc2ccccc2)S(=O)(=O)c2ccc(F)cc2)cc1. The van der Waals surface area contributed by atoms with Gasteiger partial charge in [-0.3, -0.25) is 9.10 Å². The number of halogens is 1. The van der Waals surface area contributed by atoms with E-state index in [0.717, 1.165) is 34.4 Å². The van der Waals surface area contributed by atoms with Crippen molar-refractivity contribution in [1.29, 1.82) is 0 Å². The van der Waals surface area contributed by atoms with Crippen LogP contribution in [0.25, 0.3) is 0 Å². The minimum absolute atomic E-state index is 0.0992. The predicted octanol–water partition coefficient (Wildman–Crippen LogP) is 4.86. The summed E-state index contributed by atoms with van der Waals surface area (Å²) in [6.07, 6.45) is 0.761. The van der Waals surface area contributed by atoms with Gasteiger partial charge in [0.1, 0.15) is 18.1 Å². The number of amides is 1. The molecule has 0 radical (unpaired) electrons. The fraction of sp³-hybridized carbons (Fsp3) is 0.269. The monoisotopic (exact) mass is 516 g/mol. The van der Waals surface area contributed by atoms with Gasteiger partial charge in [-0.1, -0.05) is 30.3 Å². The molecule has 3 aromatic carbocycles. The molecule has 3 rings (SSSR count). The topological polar surface area (TPSA) is 75.7 Å². The summed E-state index contributed by atoms with van der Waals surface area (Å²) < 4.78 is 46.5. The van der Waals surface area contributed by atoms with Crippen molar-refractivity contribution in [3.8, 4) is 5.75 Å².